The molecular formula is C15H16F3N3O2. The summed E-state index contributed by atoms with van der Waals surface area (Å²) in [4.78, 5) is 14.6. The number of aromatic amines is 1. The van der Waals surface area contributed by atoms with E-state index in [-0.39, 0.29) is 25.2 Å². The van der Waals surface area contributed by atoms with Crippen LogP contribution in [0.25, 0.3) is 11.1 Å². The maximum atomic E-state index is 15.3. The molecule has 0 saturated carbocycles. The lowest BCUT2D eigenvalue weighted by Gasteiger charge is -2.35. The van der Waals surface area contributed by atoms with E-state index in [1.54, 1.807) is 6.92 Å². The van der Waals surface area contributed by atoms with Gasteiger partial charge in [-0.3, -0.25) is 4.79 Å². The molecule has 2 aromatic rings. The van der Waals surface area contributed by atoms with Crippen LogP contribution in [0.15, 0.2) is 29.5 Å². The van der Waals surface area contributed by atoms with Crippen LogP contribution in [0.5, 0.6) is 0 Å². The van der Waals surface area contributed by atoms with E-state index in [9.17, 15) is 13.6 Å². The molecule has 0 aromatic carbocycles. The molecule has 1 fully saturated rings. The zero-order chi connectivity index (χ0) is 16.6. The molecule has 5 nitrogen and oxygen atoms in total. The van der Waals surface area contributed by atoms with Crippen LogP contribution in [-0.4, -0.2) is 28.0 Å². The van der Waals surface area contributed by atoms with Gasteiger partial charge >= 0.3 is 6.55 Å². The Hall–Kier alpha value is -2.09. The summed E-state index contributed by atoms with van der Waals surface area (Å²) >= 11 is 0. The number of pyridine rings is 1. The summed E-state index contributed by atoms with van der Waals surface area (Å²) in [5, 5.41) is 3.55. The summed E-state index contributed by atoms with van der Waals surface area (Å²) in [5.41, 5.74) is -1.52. The Morgan fingerprint density at radius 2 is 2.26 bits per heavy atom. The number of hydrogen-bond acceptors (Lipinski definition) is 3. The fraction of sp³-hybridized carbons (Fsp3) is 0.467. The molecule has 0 spiro atoms. The van der Waals surface area contributed by atoms with Gasteiger partial charge in [0.05, 0.1) is 18.4 Å². The fourth-order valence-electron chi connectivity index (χ4n) is 2.81. The number of halogens is 3. The minimum absolute atomic E-state index is 0.00408. The number of H-pyrrole nitrogens is 1. The topological polar surface area (TPSA) is 59.9 Å². The van der Waals surface area contributed by atoms with Crippen LogP contribution in [-0.2, 0) is 10.4 Å². The summed E-state index contributed by atoms with van der Waals surface area (Å²) in [5.74, 6) is -0.476. The van der Waals surface area contributed by atoms with Crippen molar-refractivity contribution in [3.8, 4) is 11.1 Å². The second-order valence-electron chi connectivity index (χ2n) is 5.71. The molecule has 0 radical (unpaired) electrons. The molecule has 0 unspecified atom stereocenters. The zero-order valence-electron chi connectivity index (χ0n) is 12.4. The quantitative estimate of drug-likeness (QED) is 0.943. The Morgan fingerprint density at radius 3 is 2.91 bits per heavy atom. The number of ether oxygens (including phenoxy) is 1. The lowest BCUT2D eigenvalue weighted by molar-refractivity contribution is -0.0593. The van der Waals surface area contributed by atoms with Gasteiger partial charge in [-0.2, -0.15) is 13.9 Å². The van der Waals surface area contributed by atoms with E-state index in [2.05, 4.69) is 10.1 Å². The second-order valence-corrected chi connectivity index (χ2v) is 5.71. The maximum absolute atomic E-state index is 15.3. The zero-order valence-corrected chi connectivity index (χ0v) is 12.4. The number of rotatable bonds is 3. The van der Waals surface area contributed by atoms with Crippen LogP contribution >= 0.6 is 0 Å². The number of hydrogen-bond donors (Lipinski definition) is 1. The predicted molar refractivity (Wildman–Crippen MR) is 76.9 cm³/mol. The number of alkyl halides is 3. The molecular weight excluding hydrogens is 311 g/mol. The smallest absolute Gasteiger partial charge is 0.333 e. The first-order chi connectivity index (χ1) is 10.9. The molecule has 3 heterocycles. The standard InChI is InChI=1S/C15H16F3N3O2/c1-9-8-23-3-2-15(9,18)12-4-10(5-19-13(12)22)11-6-20-21(7-11)14(16)17/h4-7,9,14H,2-3,8H2,1H3,(H,19,22)/t9-,15+/m0/s1. The fourth-order valence-corrected chi connectivity index (χ4v) is 2.81. The van der Waals surface area contributed by atoms with E-state index in [1.807, 2.05) is 0 Å². The normalized spacial score (nSPS) is 25.0. The molecule has 0 bridgehead atoms. The van der Waals surface area contributed by atoms with E-state index in [0.717, 1.165) is 6.20 Å². The molecule has 1 aliphatic heterocycles. The molecule has 2 aromatic heterocycles. The maximum Gasteiger partial charge on any atom is 0.333 e. The third kappa shape index (κ3) is 2.78. The minimum Gasteiger partial charge on any atom is -0.381 e. The van der Waals surface area contributed by atoms with E-state index in [1.165, 1.54) is 18.5 Å². The van der Waals surface area contributed by atoms with Crippen molar-refractivity contribution in [3.63, 3.8) is 0 Å². The SMILES string of the molecule is C[C@H]1COCC[C@]1(F)c1cc(-c2cnn(C(F)F)c2)c[nH]c1=O. The number of nitrogens with zero attached hydrogens (tertiary/aromatic N) is 2. The monoisotopic (exact) mass is 327 g/mol. The van der Waals surface area contributed by atoms with Crippen molar-refractivity contribution in [2.45, 2.75) is 25.6 Å². The van der Waals surface area contributed by atoms with E-state index in [0.29, 0.717) is 15.8 Å². The summed E-state index contributed by atoms with van der Waals surface area (Å²) in [7, 11) is 0. The van der Waals surface area contributed by atoms with Crippen molar-refractivity contribution in [3.05, 3.63) is 40.6 Å². The highest BCUT2D eigenvalue weighted by atomic mass is 19.3. The van der Waals surface area contributed by atoms with Crippen LogP contribution in [0, 0.1) is 5.92 Å². The van der Waals surface area contributed by atoms with Crippen LogP contribution in [0.1, 0.15) is 25.5 Å². The van der Waals surface area contributed by atoms with Gasteiger partial charge < -0.3 is 9.72 Å². The average molecular weight is 327 g/mol. The van der Waals surface area contributed by atoms with E-state index < -0.39 is 23.7 Å². The molecule has 0 aliphatic carbocycles. The van der Waals surface area contributed by atoms with E-state index >= 15 is 4.39 Å². The third-order valence-corrected chi connectivity index (χ3v) is 4.25. The molecule has 2 atom stereocenters. The Balaban J connectivity index is 2.03. The molecule has 23 heavy (non-hydrogen) atoms. The van der Waals surface area contributed by atoms with Gasteiger partial charge in [-0.1, -0.05) is 6.92 Å². The number of aromatic nitrogens is 3. The largest absolute Gasteiger partial charge is 0.381 e. The first kappa shape index (κ1) is 15.8. The van der Waals surface area contributed by atoms with Gasteiger partial charge in [-0.15, -0.1) is 0 Å². The molecule has 1 saturated heterocycles. The van der Waals surface area contributed by atoms with Gasteiger partial charge in [0.25, 0.3) is 5.56 Å². The van der Waals surface area contributed by atoms with Gasteiger partial charge in [0, 0.05) is 42.5 Å². The molecule has 124 valence electrons. The van der Waals surface area contributed by atoms with Crippen molar-refractivity contribution in [1.29, 1.82) is 0 Å². The van der Waals surface area contributed by atoms with Crippen molar-refractivity contribution < 1.29 is 17.9 Å². The summed E-state index contributed by atoms with van der Waals surface area (Å²) in [6.45, 7) is -0.619. The average Bonchev–Trinajstić information content (AvgIpc) is 3.01. The molecule has 1 aliphatic rings. The predicted octanol–water partition coefficient (Wildman–Crippen LogP) is 2.85. The molecule has 8 heteroatoms. The van der Waals surface area contributed by atoms with Gasteiger partial charge in [-0.05, 0) is 6.07 Å². The Labute approximate surface area is 130 Å². The Bertz CT molecular complexity index is 758. The lowest BCUT2D eigenvalue weighted by atomic mass is 9.80. The van der Waals surface area contributed by atoms with Crippen molar-refractivity contribution in [1.82, 2.24) is 14.8 Å². The van der Waals surface area contributed by atoms with Gasteiger partial charge in [0.15, 0.2) is 0 Å². The highest BCUT2D eigenvalue weighted by Gasteiger charge is 2.42. The van der Waals surface area contributed by atoms with Crippen molar-refractivity contribution >= 4 is 0 Å². The van der Waals surface area contributed by atoms with Crippen LogP contribution < -0.4 is 5.56 Å². The summed E-state index contributed by atoms with van der Waals surface area (Å²) < 4.78 is 46.3. The molecule has 0 amide bonds. The summed E-state index contributed by atoms with van der Waals surface area (Å²) in [6.07, 6.45) is 3.85. The van der Waals surface area contributed by atoms with Crippen molar-refractivity contribution in [2.24, 2.45) is 5.92 Å². The van der Waals surface area contributed by atoms with Crippen LogP contribution in [0.4, 0.5) is 13.2 Å². The van der Waals surface area contributed by atoms with Gasteiger partial charge in [-0.25, -0.2) is 9.07 Å². The second kappa shape index (κ2) is 5.84. The van der Waals surface area contributed by atoms with Crippen molar-refractivity contribution in [2.75, 3.05) is 13.2 Å². The van der Waals surface area contributed by atoms with Crippen LogP contribution in [0.3, 0.4) is 0 Å². The first-order valence-electron chi connectivity index (χ1n) is 7.24. The third-order valence-electron chi connectivity index (χ3n) is 4.25. The number of nitrogens with one attached hydrogen (secondary N) is 1. The molecule has 3 rings (SSSR count). The highest BCUT2D eigenvalue weighted by Crippen LogP contribution is 2.39. The Kier molecular flexibility index (Phi) is 4.01. The minimum atomic E-state index is -2.76. The summed E-state index contributed by atoms with van der Waals surface area (Å²) in [6, 6.07) is 1.41. The van der Waals surface area contributed by atoms with Gasteiger partial charge in [0.1, 0.15) is 5.67 Å². The molecule has 1 N–H and O–H groups in total. The highest BCUT2D eigenvalue weighted by molar-refractivity contribution is 5.61. The first-order valence-corrected chi connectivity index (χ1v) is 7.24. The van der Waals surface area contributed by atoms with Gasteiger partial charge in [0.2, 0.25) is 0 Å². The van der Waals surface area contributed by atoms with Crippen LogP contribution in [0.2, 0.25) is 0 Å². The Morgan fingerprint density at radius 1 is 1.48 bits per heavy atom. The van der Waals surface area contributed by atoms with E-state index in [4.69, 9.17) is 4.74 Å². The lowest BCUT2D eigenvalue weighted by Crippen LogP contribution is -2.41.